The summed E-state index contributed by atoms with van der Waals surface area (Å²) in [5.74, 6) is 0.799. The second-order valence-corrected chi connectivity index (χ2v) is 9.85. The van der Waals surface area contributed by atoms with Gasteiger partial charge in [0.1, 0.15) is 19.3 Å². The van der Waals surface area contributed by atoms with Crippen LogP contribution >= 0.6 is 11.6 Å². The molecule has 0 bridgehead atoms. The third-order valence-electron chi connectivity index (χ3n) is 5.17. The summed E-state index contributed by atoms with van der Waals surface area (Å²) in [6.45, 7) is 1.86. The fourth-order valence-corrected chi connectivity index (χ4v) is 5.07. The van der Waals surface area contributed by atoms with Gasteiger partial charge >= 0.3 is 0 Å². The fourth-order valence-electron chi connectivity index (χ4n) is 3.45. The van der Waals surface area contributed by atoms with Crippen molar-refractivity contribution in [2.75, 3.05) is 24.0 Å². The lowest BCUT2D eigenvalue weighted by atomic mass is 10.2. The summed E-state index contributed by atoms with van der Waals surface area (Å²) in [5, 5.41) is 3.19. The van der Waals surface area contributed by atoms with Crippen molar-refractivity contribution in [3.8, 4) is 11.5 Å². The van der Waals surface area contributed by atoms with E-state index in [1.807, 2.05) is 24.3 Å². The van der Waals surface area contributed by atoms with E-state index in [0.29, 0.717) is 22.2 Å². The lowest BCUT2D eigenvalue weighted by Crippen LogP contribution is -2.45. The summed E-state index contributed by atoms with van der Waals surface area (Å²) in [7, 11) is -4.01. The molecule has 172 valence electrons. The number of aryl methyl sites for hydroxylation is 1. The second-order valence-electron chi connectivity index (χ2n) is 7.55. The van der Waals surface area contributed by atoms with E-state index in [0.717, 1.165) is 9.87 Å². The third-order valence-corrected chi connectivity index (χ3v) is 7.19. The molecule has 0 saturated carbocycles. The van der Waals surface area contributed by atoms with Gasteiger partial charge in [0, 0.05) is 5.02 Å². The lowest BCUT2D eigenvalue weighted by Gasteiger charge is -2.28. The van der Waals surface area contributed by atoms with Crippen LogP contribution in [0, 0.1) is 6.92 Å². The van der Waals surface area contributed by atoms with Crippen LogP contribution in [0.25, 0.3) is 0 Å². The first-order valence-electron chi connectivity index (χ1n) is 10.3. The molecule has 4 rings (SSSR count). The van der Waals surface area contributed by atoms with E-state index in [1.165, 1.54) is 24.3 Å². The number of nitrogens with zero attached hydrogens (tertiary/aromatic N) is 1. The van der Waals surface area contributed by atoms with Crippen LogP contribution in [0.2, 0.25) is 5.02 Å². The number of amides is 1. The average molecular weight is 487 g/mol. The van der Waals surface area contributed by atoms with Crippen LogP contribution in [-0.4, -0.2) is 40.1 Å². The van der Waals surface area contributed by atoms with Crippen LogP contribution in [0.15, 0.2) is 77.7 Å². The van der Waals surface area contributed by atoms with Gasteiger partial charge in [-0.3, -0.25) is 9.10 Å². The zero-order chi connectivity index (χ0) is 23.4. The average Bonchev–Trinajstić information content (AvgIpc) is 2.82. The highest BCUT2D eigenvalue weighted by Crippen LogP contribution is 2.31. The number of halogens is 1. The van der Waals surface area contributed by atoms with Gasteiger partial charge in [-0.05, 0) is 55.0 Å². The van der Waals surface area contributed by atoms with E-state index in [2.05, 4.69) is 5.32 Å². The highest BCUT2D eigenvalue weighted by molar-refractivity contribution is 7.92. The van der Waals surface area contributed by atoms with Crippen molar-refractivity contribution in [2.45, 2.75) is 17.9 Å². The number of rotatable bonds is 7. The molecule has 0 unspecified atom stereocenters. The minimum atomic E-state index is -4.01. The number of sulfonamides is 1. The first-order chi connectivity index (χ1) is 15.8. The zero-order valence-corrected chi connectivity index (χ0v) is 19.5. The Kier molecular flexibility index (Phi) is 6.76. The van der Waals surface area contributed by atoms with Crippen molar-refractivity contribution in [3.05, 3.63) is 83.4 Å². The summed E-state index contributed by atoms with van der Waals surface area (Å²) in [6.07, 6.45) is -0.386. The van der Waals surface area contributed by atoms with Crippen LogP contribution in [0.1, 0.15) is 5.56 Å². The molecule has 7 nitrogen and oxygen atoms in total. The highest BCUT2D eigenvalue weighted by Gasteiger charge is 2.29. The molecule has 0 spiro atoms. The van der Waals surface area contributed by atoms with Crippen LogP contribution < -0.4 is 19.1 Å². The molecule has 0 saturated heterocycles. The number of anilines is 1. The van der Waals surface area contributed by atoms with Crippen molar-refractivity contribution in [1.29, 1.82) is 0 Å². The topological polar surface area (TPSA) is 84.9 Å². The molecule has 1 aliphatic heterocycles. The number of hydrogen-bond acceptors (Lipinski definition) is 5. The predicted molar refractivity (Wildman–Crippen MR) is 127 cm³/mol. The fraction of sp³-hybridized carbons (Fsp3) is 0.208. The smallest absolute Gasteiger partial charge is 0.264 e. The van der Waals surface area contributed by atoms with Crippen LogP contribution in [0.3, 0.4) is 0 Å². The Bertz CT molecular complexity index is 1250. The Morgan fingerprint density at radius 1 is 1.03 bits per heavy atom. The van der Waals surface area contributed by atoms with Crippen LogP contribution in [0.4, 0.5) is 5.69 Å². The number of fused-ring (bicyclic) bond motifs is 1. The molecule has 1 aliphatic rings. The number of para-hydroxylation sites is 3. The number of ether oxygens (including phenoxy) is 2. The maximum Gasteiger partial charge on any atom is 0.264 e. The van der Waals surface area contributed by atoms with E-state index in [9.17, 15) is 13.2 Å². The lowest BCUT2D eigenvalue weighted by molar-refractivity contribution is -0.120. The minimum Gasteiger partial charge on any atom is -0.486 e. The Morgan fingerprint density at radius 3 is 2.42 bits per heavy atom. The number of carbonyl (C=O) groups excluding carboxylic acids is 1. The quantitative estimate of drug-likeness (QED) is 0.549. The summed E-state index contributed by atoms with van der Waals surface area (Å²) in [5.41, 5.74) is 1.15. The molecule has 33 heavy (non-hydrogen) atoms. The Balaban J connectivity index is 1.50. The molecule has 0 aliphatic carbocycles. The number of hydrogen-bond donors (Lipinski definition) is 1. The summed E-state index contributed by atoms with van der Waals surface area (Å²) in [4.78, 5) is 12.9. The molecule has 9 heteroatoms. The largest absolute Gasteiger partial charge is 0.486 e. The van der Waals surface area contributed by atoms with Crippen molar-refractivity contribution in [3.63, 3.8) is 0 Å². The first kappa shape index (κ1) is 22.9. The van der Waals surface area contributed by atoms with Gasteiger partial charge in [0.2, 0.25) is 5.91 Å². The molecule has 1 heterocycles. The van der Waals surface area contributed by atoms with E-state index >= 15 is 0 Å². The number of benzene rings is 3. The zero-order valence-electron chi connectivity index (χ0n) is 17.9. The van der Waals surface area contributed by atoms with Crippen molar-refractivity contribution < 1.29 is 22.7 Å². The predicted octanol–water partition coefficient (Wildman–Crippen LogP) is 3.80. The molecular weight excluding hydrogens is 464 g/mol. The minimum absolute atomic E-state index is 0.0450. The maximum absolute atomic E-state index is 13.4. The number of carbonyl (C=O) groups is 1. The van der Waals surface area contributed by atoms with E-state index in [-0.39, 0.29) is 30.7 Å². The number of nitrogens with one attached hydrogen (secondary N) is 1. The SMILES string of the molecule is Cc1ccccc1N(CC(=O)NC[C@@H]1COc2ccccc2O1)S(=O)(=O)c1ccc(Cl)cc1. The van der Waals surface area contributed by atoms with E-state index in [4.69, 9.17) is 21.1 Å². The van der Waals surface area contributed by atoms with Gasteiger partial charge in [0.05, 0.1) is 17.1 Å². The third kappa shape index (κ3) is 5.23. The molecule has 1 amide bonds. The molecule has 3 aromatic carbocycles. The molecule has 1 atom stereocenters. The van der Waals surface area contributed by atoms with Gasteiger partial charge in [-0.1, -0.05) is 41.9 Å². The first-order valence-corrected chi connectivity index (χ1v) is 12.2. The molecular formula is C24H23ClN2O5S. The summed E-state index contributed by atoms with van der Waals surface area (Å²) < 4.78 is 39.5. The molecule has 1 N–H and O–H groups in total. The Labute approximate surface area is 197 Å². The second kappa shape index (κ2) is 9.72. The van der Waals surface area contributed by atoms with E-state index in [1.54, 1.807) is 31.2 Å². The Hall–Kier alpha value is -3.23. The summed E-state index contributed by atoms with van der Waals surface area (Å²) in [6, 6.07) is 20.2. The summed E-state index contributed by atoms with van der Waals surface area (Å²) >= 11 is 5.92. The van der Waals surface area contributed by atoms with Gasteiger partial charge < -0.3 is 14.8 Å². The van der Waals surface area contributed by atoms with Gasteiger partial charge in [-0.25, -0.2) is 8.42 Å². The van der Waals surface area contributed by atoms with Crippen molar-refractivity contribution in [1.82, 2.24) is 5.32 Å². The van der Waals surface area contributed by atoms with Crippen LogP contribution in [-0.2, 0) is 14.8 Å². The molecule has 0 fully saturated rings. The van der Waals surface area contributed by atoms with Gasteiger partial charge in [-0.2, -0.15) is 0 Å². The van der Waals surface area contributed by atoms with Crippen LogP contribution in [0.5, 0.6) is 11.5 Å². The normalized spacial score (nSPS) is 15.0. The molecule has 0 aromatic heterocycles. The van der Waals surface area contributed by atoms with Crippen molar-refractivity contribution >= 4 is 33.2 Å². The van der Waals surface area contributed by atoms with Gasteiger partial charge in [0.25, 0.3) is 10.0 Å². The monoisotopic (exact) mass is 486 g/mol. The van der Waals surface area contributed by atoms with Gasteiger partial charge in [0.15, 0.2) is 11.5 Å². The van der Waals surface area contributed by atoms with Gasteiger partial charge in [-0.15, -0.1) is 0 Å². The standard InChI is InChI=1S/C24H23ClN2O5S/c1-17-6-2-3-7-21(17)27(33(29,30)20-12-10-18(25)11-13-20)15-24(28)26-14-19-16-31-22-8-4-5-9-23(22)32-19/h2-13,19H,14-16H2,1H3,(H,26,28)/t19-/m1/s1. The van der Waals surface area contributed by atoms with E-state index < -0.39 is 15.9 Å². The van der Waals surface area contributed by atoms with Crippen molar-refractivity contribution in [2.24, 2.45) is 0 Å². The Morgan fingerprint density at radius 2 is 1.70 bits per heavy atom. The maximum atomic E-state index is 13.4. The molecule has 3 aromatic rings. The highest BCUT2D eigenvalue weighted by atomic mass is 35.5. The molecule has 0 radical (unpaired) electrons.